The lowest BCUT2D eigenvalue weighted by molar-refractivity contribution is 0.0711. The number of imidazole rings is 1. The summed E-state index contributed by atoms with van der Waals surface area (Å²) in [5.41, 5.74) is 4.32. The fourth-order valence-electron chi connectivity index (χ4n) is 3.58. The SMILES string of the molecule is O=C(c1ccccc1)N1N=C(c2nc3ccccc3[nH]2)C[C@H]1c1ccccc1. The van der Waals surface area contributed by atoms with Crippen LogP contribution in [0.2, 0.25) is 0 Å². The van der Waals surface area contributed by atoms with Gasteiger partial charge in [0.15, 0.2) is 5.82 Å². The van der Waals surface area contributed by atoms with Crippen LogP contribution in [0.25, 0.3) is 11.0 Å². The number of amides is 1. The third kappa shape index (κ3) is 2.87. The van der Waals surface area contributed by atoms with Crippen molar-refractivity contribution in [2.45, 2.75) is 12.5 Å². The van der Waals surface area contributed by atoms with E-state index in [1.807, 2.05) is 84.9 Å². The van der Waals surface area contributed by atoms with Crippen LogP contribution in [-0.4, -0.2) is 26.6 Å². The maximum atomic E-state index is 13.2. The van der Waals surface area contributed by atoms with Crippen LogP contribution < -0.4 is 0 Å². The van der Waals surface area contributed by atoms with Crippen LogP contribution in [0.5, 0.6) is 0 Å². The fraction of sp³-hybridized carbons (Fsp3) is 0.0870. The molecule has 0 fully saturated rings. The highest BCUT2D eigenvalue weighted by atomic mass is 16.2. The number of carbonyl (C=O) groups is 1. The molecular formula is C23H18N4O. The second kappa shape index (κ2) is 6.78. The molecule has 2 heterocycles. The smallest absolute Gasteiger partial charge is 0.274 e. The third-order valence-electron chi connectivity index (χ3n) is 4.99. The number of aromatic nitrogens is 2. The van der Waals surface area contributed by atoms with Crippen LogP contribution in [0.3, 0.4) is 0 Å². The number of benzene rings is 3. The molecule has 0 saturated heterocycles. The molecule has 1 atom stereocenters. The summed E-state index contributed by atoms with van der Waals surface area (Å²) in [5, 5.41) is 6.28. The minimum absolute atomic E-state index is 0.111. The predicted molar refractivity (Wildman–Crippen MR) is 109 cm³/mol. The molecule has 28 heavy (non-hydrogen) atoms. The zero-order valence-electron chi connectivity index (χ0n) is 15.1. The Balaban J connectivity index is 1.56. The van der Waals surface area contributed by atoms with Gasteiger partial charge in [0, 0.05) is 12.0 Å². The molecule has 5 heteroatoms. The third-order valence-corrected chi connectivity index (χ3v) is 4.99. The fourth-order valence-corrected chi connectivity index (χ4v) is 3.58. The van der Waals surface area contributed by atoms with Gasteiger partial charge in [-0.2, -0.15) is 5.10 Å². The van der Waals surface area contributed by atoms with Gasteiger partial charge in [0.05, 0.1) is 17.1 Å². The number of rotatable bonds is 3. The number of hydrazone groups is 1. The summed E-state index contributed by atoms with van der Waals surface area (Å²) in [6.07, 6.45) is 0.614. The van der Waals surface area contributed by atoms with E-state index in [2.05, 4.69) is 9.97 Å². The van der Waals surface area contributed by atoms with Crippen molar-refractivity contribution in [3.8, 4) is 0 Å². The first-order chi connectivity index (χ1) is 13.8. The minimum atomic E-state index is -0.155. The molecule has 1 amide bonds. The summed E-state index contributed by atoms with van der Waals surface area (Å²) in [6.45, 7) is 0. The Labute approximate surface area is 162 Å². The van der Waals surface area contributed by atoms with Crippen LogP contribution in [-0.2, 0) is 0 Å². The Morgan fingerprint density at radius 2 is 1.57 bits per heavy atom. The van der Waals surface area contributed by atoms with E-state index in [1.165, 1.54) is 0 Å². The van der Waals surface area contributed by atoms with Crippen LogP contribution in [0.4, 0.5) is 0 Å². The number of carbonyl (C=O) groups excluding carboxylic acids is 1. The molecule has 0 spiro atoms. The Kier molecular flexibility index (Phi) is 3.98. The van der Waals surface area contributed by atoms with Gasteiger partial charge in [-0.05, 0) is 29.8 Å². The Bertz CT molecular complexity index is 1130. The molecule has 0 saturated carbocycles. The van der Waals surface area contributed by atoms with Gasteiger partial charge in [-0.25, -0.2) is 9.99 Å². The number of hydrogen-bond acceptors (Lipinski definition) is 3. The van der Waals surface area contributed by atoms with Gasteiger partial charge in [0.2, 0.25) is 0 Å². The van der Waals surface area contributed by atoms with E-state index in [0.29, 0.717) is 17.8 Å². The van der Waals surface area contributed by atoms with Gasteiger partial charge >= 0.3 is 0 Å². The maximum absolute atomic E-state index is 13.2. The zero-order valence-corrected chi connectivity index (χ0v) is 15.1. The number of aromatic amines is 1. The Morgan fingerprint density at radius 1 is 0.893 bits per heavy atom. The van der Waals surface area contributed by atoms with Crippen molar-refractivity contribution in [3.05, 3.63) is 102 Å². The van der Waals surface area contributed by atoms with Crippen LogP contribution >= 0.6 is 0 Å². The first kappa shape index (κ1) is 16.4. The van der Waals surface area contributed by atoms with Crippen molar-refractivity contribution in [1.29, 1.82) is 0 Å². The van der Waals surface area contributed by atoms with Crippen molar-refractivity contribution in [2.75, 3.05) is 0 Å². The van der Waals surface area contributed by atoms with Crippen LogP contribution in [0.1, 0.15) is 34.2 Å². The van der Waals surface area contributed by atoms with Gasteiger partial charge < -0.3 is 4.98 Å². The summed E-state index contributed by atoms with van der Waals surface area (Å²) < 4.78 is 0. The lowest BCUT2D eigenvalue weighted by Gasteiger charge is -2.22. The van der Waals surface area contributed by atoms with Gasteiger partial charge in [0.25, 0.3) is 5.91 Å². The Morgan fingerprint density at radius 3 is 2.32 bits per heavy atom. The van der Waals surface area contributed by atoms with E-state index in [-0.39, 0.29) is 11.9 Å². The summed E-state index contributed by atoms with van der Waals surface area (Å²) in [7, 11) is 0. The molecule has 3 aromatic carbocycles. The molecule has 1 aromatic heterocycles. The van der Waals surface area contributed by atoms with E-state index in [4.69, 9.17) is 5.10 Å². The number of hydrogen-bond donors (Lipinski definition) is 1. The molecule has 0 bridgehead atoms. The molecule has 0 unspecified atom stereocenters. The van der Waals surface area contributed by atoms with Crippen molar-refractivity contribution >= 4 is 22.7 Å². The first-order valence-electron chi connectivity index (χ1n) is 9.26. The number of nitrogens with zero attached hydrogens (tertiary/aromatic N) is 3. The second-order valence-corrected chi connectivity index (χ2v) is 6.80. The monoisotopic (exact) mass is 366 g/mol. The predicted octanol–water partition coefficient (Wildman–Crippen LogP) is 4.55. The maximum Gasteiger partial charge on any atom is 0.274 e. The summed E-state index contributed by atoms with van der Waals surface area (Å²) in [5.74, 6) is 0.603. The number of nitrogens with one attached hydrogen (secondary N) is 1. The van der Waals surface area contributed by atoms with Crippen molar-refractivity contribution < 1.29 is 4.79 Å². The highest BCUT2D eigenvalue weighted by Crippen LogP contribution is 2.33. The normalized spacial score (nSPS) is 16.4. The second-order valence-electron chi connectivity index (χ2n) is 6.80. The van der Waals surface area contributed by atoms with Gasteiger partial charge in [-0.1, -0.05) is 60.7 Å². The average molecular weight is 366 g/mol. The van der Waals surface area contributed by atoms with E-state index in [9.17, 15) is 4.79 Å². The molecule has 4 aromatic rings. The van der Waals surface area contributed by atoms with E-state index in [1.54, 1.807) is 5.01 Å². The standard InChI is InChI=1S/C23H18N4O/c28-23(17-11-5-2-6-12-17)27-21(16-9-3-1-4-10-16)15-20(26-27)22-24-18-13-7-8-14-19(18)25-22/h1-14,21H,15H2,(H,24,25)/t21-/m0/s1. The lowest BCUT2D eigenvalue weighted by atomic mass is 10.0. The van der Waals surface area contributed by atoms with Crippen molar-refractivity contribution in [3.63, 3.8) is 0 Å². The first-order valence-corrected chi connectivity index (χ1v) is 9.26. The molecule has 1 N–H and O–H groups in total. The molecule has 0 aliphatic carbocycles. The number of H-pyrrole nitrogens is 1. The van der Waals surface area contributed by atoms with Crippen molar-refractivity contribution in [1.82, 2.24) is 15.0 Å². The molecule has 0 radical (unpaired) electrons. The quantitative estimate of drug-likeness (QED) is 0.578. The summed E-state index contributed by atoms with van der Waals surface area (Å²) in [6, 6.07) is 27.0. The van der Waals surface area contributed by atoms with E-state index >= 15 is 0 Å². The van der Waals surface area contributed by atoms with Gasteiger partial charge in [-0.15, -0.1) is 0 Å². The highest BCUT2D eigenvalue weighted by molar-refractivity contribution is 6.04. The summed E-state index contributed by atoms with van der Waals surface area (Å²) >= 11 is 0. The topological polar surface area (TPSA) is 61.4 Å². The van der Waals surface area contributed by atoms with Gasteiger partial charge in [0.1, 0.15) is 5.71 Å². The molecule has 136 valence electrons. The number of fused-ring (bicyclic) bond motifs is 1. The number of para-hydroxylation sites is 2. The molecule has 5 rings (SSSR count). The van der Waals surface area contributed by atoms with Crippen LogP contribution in [0.15, 0.2) is 90.0 Å². The van der Waals surface area contributed by atoms with Crippen LogP contribution in [0, 0.1) is 0 Å². The largest absolute Gasteiger partial charge is 0.337 e. The van der Waals surface area contributed by atoms with Crippen molar-refractivity contribution in [2.24, 2.45) is 5.10 Å². The van der Waals surface area contributed by atoms with Gasteiger partial charge in [-0.3, -0.25) is 4.79 Å². The average Bonchev–Trinajstić information content (AvgIpc) is 3.39. The highest BCUT2D eigenvalue weighted by Gasteiger charge is 2.34. The molecule has 1 aliphatic rings. The molecular weight excluding hydrogens is 348 g/mol. The van der Waals surface area contributed by atoms with E-state index in [0.717, 1.165) is 22.3 Å². The molecule has 5 nitrogen and oxygen atoms in total. The Hall–Kier alpha value is -3.73. The minimum Gasteiger partial charge on any atom is -0.337 e. The molecule has 1 aliphatic heterocycles. The lowest BCUT2D eigenvalue weighted by Crippen LogP contribution is -2.27. The van der Waals surface area contributed by atoms with E-state index < -0.39 is 0 Å². The zero-order chi connectivity index (χ0) is 18.9. The summed E-state index contributed by atoms with van der Waals surface area (Å²) in [4.78, 5) is 21.2.